The number of halogens is 7. The van der Waals surface area contributed by atoms with Crippen LogP contribution in [0.15, 0.2) is 42.5 Å². The van der Waals surface area contributed by atoms with Crippen LogP contribution in [0, 0.1) is 25.2 Å². The molecule has 0 unspecified atom stereocenters. The van der Waals surface area contributed by atoms with Crippen LogP contribution in [-0.4, -0.2) is 23.2 Å². The Morgan fingerprint density at radius 1 is 0.909 bits per heavy atom. The fraction of sp³-hybridized carbons (Fsp3) is 0.227. The van der Waals surface area contributed by atoms with Crippen molar-refractivity contribution < 1.29 is 35.5 Å². The van der Waals surface area contributed by atoms with Gasteiger partial charge in [0.2, 0.25) is 0 Å². The molecular formula is C22H14F7N3O. The van der Waals surface area contributed by atoms with Crippen molar-refractivity contribution in [2.45, 2.75) is 31.9 Å². The van der Waals surface area contributed by atoms with Gasteiger partial charge in [0, 0.05) is 22.2 Å². The van der Waals surface area contributed by atoms with Crippen LogP contribution in [0.4, 0.5) is 36.4 Å². The van der Waals surface area contributed by atoms with Crippen LogP contribution in [0.1, 0.15) is 32.7 Å². The summed E-state index contributed by atoms with van der Waals surface area (Å²) in [4.78, 5) is 16.7. The van der Waals surface area contributed by atoms with Crippen LogP contribution in [-0.2, 0) is 5.67 Å². The van der Waals surface area contributed by atoms with Gasteiger partial charge in [-0.25, -0.2) is 9.37 Å². The Balaban J connectivity index is 1.98. The van der Waals surface area contributed by atoms with Gasteiger partial charge in [0.25, 0.3) is 5.91 Å². The first-order valence-electron chi connectivity index (χ1n) is 9.25. The van der Waals surface area contributed by atoms with E-state index in [2.05, 4.69) is 10.3 Å². The highest BCUT2D eigenvalue weighted by Crippen LogP contribution is 2.53. The molecule has 1 aromatic heterocycles. The number of anilines is 1. The summed E-state index contributed by atoms with van der Waals surface area (Å²) in [5, 5.41) is 11.9. The second kappa shape index (κ2) is 8.03. The molecule has 0 aliphatic rings. The monoisotopic (exact) mass is 469 g/mol. The SMILES string of the molecule is Cc1cc(C(F)(C(F)(F)F)C(F)(F)F)cc(C)c1NC(=O)c1ccc2nc(C#N)ccc2c1. The summed E-state index contributed by atoms with van der Waals surface area (Å²) in [7, 11) is 0. The molecule has 3 rings (SSSR count). The van der Waals surface area contributed by atoms with Gasteiger partial charge in [0.05, 0.1) is 5.52 Å². The number of nitrogens with zero attached hydrogens (tertiary/aromatic N) is 2. The number of nitriles is 1. The third-order valence-electron chi connectivity index (χ3n) is 5.02. The number of carbonyl (C=O) groups is 1. The van der Waals surface area contributed by atoms with Crippen molar-refractivity contribution in [3.63, 3.8) is 0 Å². The standard InChI is InChI=1S/C22H14F7N3O/c1-11-7-15(20(23,21(24,25)26)22(27,28)29)8-12(2)18(11)32-19(33)14-4-6-17-13(9-14)3-5-16(10-30)31-17/h3-9H,1-2H3,(H,32,33). The number of aryl methyl sites for hydroxylation is 2. The molecule has 0 aliphatic carbocycles. The molecule has 0 aliphatic heterocycles. The van der Waals surface area contributed by atoms with Crippen molar-refractivity contribution in [3.05, 3.63) is 70.4 Å². The van der Waals surface area contributed by atoms with Gasteiger partial charge in [-0.1, -0.05) is 12.1 Å². The molecule has 0 atom stereocenters. The third-order valence-corrected chi connectivity index (χ3v) is 5.02. The average Bonchev–Trinajstić information content (AvgIpc) is 2.72. The highest BCUT2D eigenvalue weighted by atomic mass is 19.4. The first-order chi connectivity index (χ1) is 15.2. The van der Waals surface area contributed by atoms with Gasteiger partial charge < -0.3 is 5.32 Å². The summed E-state index contributed by atoms with van der Waals surface area (Å²) >= 11 is 0. The minimum Gasteiger partial charge on any atom is -0.322 e. The van der Waals surface area contributed by atoms with E-state index in [0.29, 0.717) is 23.0 Å². The molecule has 2 aromatic carbocycles. The zero-order valence-electron chi connectivity index (χ0n) is 17.0. The van der Waals surface area contributed by atoms with E-state index < -0.39 is 29.5 Å². The van der Waals surface area contributed by atoms with Crippen LogP contribution >= 0.6 is 0 Å². The van der Waals surface area contributed by atoms with Gasteiger partial charge in [-0.2, -0.15) is 31.6 Å². The second-order valence-corrected chi connectivity index (χ2v) is 7.31. The summed E-state index contributed by atoms with van der Waals surface area (Å²) in [6.45, 7) is 2.32. The van der Waals surface area contributed by atoms with Crippen molar-refractivity contribution in [2.75, 3.05) is 5.32 Å². The molecule has 0 bridgehead atoms. The molecule has 1 heterocycles. The number of alkyl halides is 7. The molecule has 0 spiro atoms. The zero-order valence-corrected chi connectivity index (χ0v) is 17.0. The Morgan fingerprint density at radius 3 is 2.00 bits per heavy atom. The van der Waals surface area contributed by atoms with Crippen molar-refractivity contribution in [2.24, 2.45) is 0 Å². The number of hydrogen-bond acceptors (Lipinski definition) is 3. The number of nitrogens with one attached hydrogen (secondary N) is 1. The number of carbonyl (C=O) groups excluding carboxylic acids is 1. The lowest BCUT2D eigenvalue weighted by Gasteiger charge is -2.31. The number of amides is 1. The third kappa shape index (κ3) is 4.20. The maximum atomic E-state index is 14.4. The number of aromatic nitrogens is 1. The summed E-state index contributed by atoms with van der Waals surface area (Å²) < 4.78 is 92.8. The molecular weight excluding hydrogens is 455 g/mol. The molecule has 11 heteroatoms. The Hall–Kier alpha value is -3.68. The summed E-state index contributed by atoms with van der Waals surface area (Å²) in [5.41, 5.74) is -6.86. The molecule has 3 aromatic rings. The number of rotatable bonds is 3. The van der Waals surface area contributed by atoms with E-state index in [9.17, 15) is 35.5 Å². The lowest BCUT2D eigenvalue weighted by molar-refractivity contribution is -0.348. The number of benzene rings is 2. The quantitative estimate of drug-likeness (QED) is 0.460. The van der Waals surface area contributed by atoms with Crippen LogP contribution in [0.2, 0.25) is 0 Å². The zero-order chi connectivity index (χ0) is 24.8. The Labute approximate surface area is 182 Å². The fourth-order valence-electron chi connectivity index (χ4n) is 3.36. The largest absolute Gasteiger partial charge is 0.435 e. The van der Waals surface area contributed by atoms with Crippen molar-refractivity contribution in [3.8, 4) is 6.07 Å². The number of pyridine rings is 1. The normalized spacial score (nSPS) is 12.5. The molecule has 33 heavy (non-hydrogen) atoms. The Morgan fingerprint density at radius 2 is 1.48 bits per heavy atom. The van der Waals surface area contributed by atoms with Crippen LogP contribution in [0.3, 0.4) is 0 Å². The first kappa shape index (κ1) is 24.0. The molecule has 0 radical (unpaired) electrons. The molecule has 1 amide bonds. The molecule has 4 nitrogen and oxygen atoms in total. The topological polar surface area (TPSA) is 65.8 Å². The lowest BCUT2D eigenvalue weighted by Crippen LogP contribution is -2.50. The van der Waals surface area contributed by atoms with Crippen LogP contribution in [0.25, 0.3) is 10.9 Å². The van der Waals surface area contributed by atoms with E-state index in [4.69, 9.17) is 5.26 Å². The van der Waals surface area contributed by atoms with Gasteiger partial charge in [0.1, 0.15) is 11.8 Å². The summed E-state index contributed by atoms with van der Waals surface area (Å²) in [6, 6.07) is 10.1. The lowest BCUT2D eigenvalue weighted by atomic mass is 9.90. The van der Waals surface area contributed by atoms with E-state index in [-0.39, 0.29) is 28.1 Å². The van der Waals surface area contributed by atoms with Gasteiger partial charge in [-0.05, 0) is 55.3 Å². The number of hydrogen-bond donors (Lipinski definition) is 1. The van der Waals surface area contributed by atoms with E-state index in [1.54, 1.807) is 6.07 Å². The molecule has 172 valence electrons. The van der Waals surface area contributed by atoms with Crippen molar-refractivity contribution >= 4 is 22.5 Å². The number of fused-ring (bicyclic) bond motifs is 1. The second-order valence-electron chi connectivity index (χ2n) is 7.31. The first-order valence-corrected chi connectivity index (χ1v) is 9.25. The fourth-order valence-corrected chi connectivity index (χ4v) is 3.36. The van der Waals surface area contributed by atoms with E-state index in [0.717, 1.165) is 13.8 Å². The maximum Gasteiger partial charge on any atom is 0.435 e. The smallest absolute Gasteiger partial charge is 0.322 e. The predicted octanol–water partition coefficient (Wildman–Crippen LogP) is 6.27. The molecule has 0 fully saturated rings. The highest BCUT2D eigenvalue weighted by molar-refractivity contribution is 6.06. The van der Waals surface area contributed by atoms with Gasteiger partial charge in [0.15, 0.2) is 0 Å². The molecule has 0 saturated carbocycles. The maximum absolute atomic E-state index is 14.4. The van der Waals surface area contributed by atoms with E-state index in [1.165, 1.54) is 24.3 Å². The minimum atomic E-state index is -6.24. The van der Waals surface area contributed by atoms with E-state index in [1.807, 2.05) is 6.07 Å². The van der Waals surface area contributed by atoms with Crippen LogP contribution in [0.5, 0.6) is 0 Å². The van der Waals surface area contributed by atoms with Gasteiger partial charge >= 0.3 is 18.0 Å². The Bertz CT molecular complexity index is 1250. The van der Waals surface area contributed by atoms with Crippen molar-refractivity contribution in [1.82, 2.24) is 4.98 Å². The van der Waals surface area contributed by atoms with Crippen molar-refractivity contribution in [1.29, 1.82) is 5.26 Å². The minimum absolute atomic E-state index is 0.0477. The highest BCUT2D eigenvalue weighted by Gasteiger charge is 2.73. The molecule has 1 N–H and O–H groups in total. The Kier molecular flexibility index (Phi) is 5.83. The summed E-state index contributed by atoms with van der Waals surface area (Å²) in [5.74, 6) is -0.696. The summed E-state index contributed by atoms with van der Waals surface area (Å²) in [6.07, 6.45) is -12.5. The van der Waals surface area contributed by atoms with Gasteiger partial charge in [-0.15, -0.1) is 0 Å². The van der Waals surface area contributed by atoms with Gasteiger partial charge in [-0.3, -0.25) is 4.79 Å². The molecule has 0 saturated heterocycles. The predicted molar refractivity (Wildman–Crippen MR) is 105 cm³/mol. The van der Waals surface area contributed by atoms with E-state index >= 15 is 0 Å². The van der Waals surface area contributed by atoms with Crippen LogP contribution < -0.4 is 5.32 Å². The average molecular weight is 469 g/mol.